The maximum Gasteiger partial charge on any atom is 0.271 e. The third-order valence-electron chi connectivity index (χ3n) is 2.42. The van der Waals surface area contributed by atoms with E-state index >= 15 is 0 Å². The van der Waals surface area contributed by atoms with E-state index in [-0.39, 0.29) is 15.5 Å². The topological polar surface area (TPSA) is 105 Å². The predicted octanol–water partition coefficient (Wildman–Crippen LogP) is 2.44. The predicted molar refractivity (Wildman–Crippen MR) is 79.0 cm³/mol. The zero-order valence-corrected chi connectivity index (χ0v) is 12.6. The van der Waals surface area contributed by atoms with Crippen molar-refractivity contribution < 1.29 is 18.0 Å². The van der Waals surface area contributed by atoms with Gasteiger partial charge in [-0.05, 0) is 30.3 Å². The fourth-order valence-corrected chi connectivity index (χ4v) is 4.07. The van der Waals surface area contributed by atoms with E-state index in [1.54, 1.807) is 0 Å². The average Bonchev–Trinajstić information content (AvgIpc) is 2.87. The summed E-state index contributed by atoms with van der Waals surface area (Å²) < 4.78 is 40.1. The van der Waals surface area contributed by atoms with Gasteiger partial charge >= 0.3 is 0 Å². The SMILES string of the molecule is N/C(=N/O)c1cc(F)ccc1NS(=O)(=O)c1ccc(Cl)s1. The van der Waals surface area contributed by atoms with Gasteiger partial charge in [-0.1, -0.05) is 16.8 Å². The van der Waals surface area contributed by atoms with E-state index in [0.717, 1.165) is 23.5 Å². The molecule has 4 N–H and O–H groups in total. The van der Waals surface area contributed by atoms with E-state index in [0.29, 0.717) is 4.34 Å². The summed E-state index contributed by atoms with van der Waals surface area (Å²) in [6, 6.07) is 5.95. The third-order valence-corrected chi connectivity index (χ3v) is 5.51. The number of hydrogen-bond acceptors (Lipinski definition) is 5. The van der Waals surface area contributed by atoms with Crippen molar-refractivity contribution in [3.05, 3.63) is 46.0 Å². The summed E-state index contributed by atoms with van der Waals surface area (Å²) in [5.41, 5.74) is 5.31. The maximum atomic E-state index is 13.2. The Bertz CT molecular complexity index is 805. The van der Waals surface area contributed by atoms with Crippen LogP contribution in [-0.4, -0.2) is 19.5 Å². The lowest BCUT2D eigenvalue weighted by Crippen LogP contribution is -2.19. The number of sulfonamides is 1. The van der Waals surface area contributed by atoms with Gasteiger partial charge in [-0.3, -0.25) is 4.72 Å². The molecule has 0 spiro atoms. The second kappa shape index (κ2) is 5.88. The van der Waals surface area contributed by atoms with Crippen LogP contribution < -0.4 is 10.5 Å². The smallest absolute Gasteiger partial charge is 0.271 e. The first-order chi connectivity index (χ1) is 9.83. The second-order valence-electron chi connectivity index (χ2n) is 3.84. The number of nitrogens with one attached hydrogen (secondary N) is 1. The number of hydrogen-bond donors (Lipinski definition) is 3. The number of benzene rings is 1. The molecule has 0 bridgehead atoms. The van der Waals surface area contributed by atoms with Crippen LogP contribution in [0.15, 0.2) is 39.7 Å². The lowest BCUT2D eigenvalue weighted by molar-refractivity contribution is 0.318. The van der Waals surface area contributed by atoms with E-state index in [4.69, 9.17) is 22.5 Å². The number of rotatable bonds is 4. The van der Waals surface area contributed by atoms with E-state index in [2.05, 4.69) is 9.88 Å². The minimum absolute atomic E-state index is 0.0118. The van der Waals surface area contributed by atoms with Gasteiger partial charge in [0.25, 0.3) is 10.0 Å². The summed E-state index contributed by atoms with van der Waals surface area (Å²) in [7, 11) is -3.90. The van der Waals surface area contributed by atoms with Gasteiger partial charge in [-0.2, -0.15) is 0 Å². The summed E-state index contributed by atoms with van der Waals surface area (Å²) in [4.78, 5) is 0. The molecule has 6 nitrogen and oxygen atoms in total. The molecular weight excluding hydrogens is 341 g/mol. The second-order valence-corrected chi connectivity index (χ2v) is 7.46. The molecule has 0 saturated carbocycles. The van der Waals surface area contributed by atoms with Crippen molar-refractivity contribution in [3.8, 4) is 0 Å². The highest BCUT2D eigenvalue weighted by atomic mass is 35.5. The van der Waals surface area contributed by atoms with Crippen molar-refractivity contribution in [1.29, 1.82) is 0 Å². The summed E-state index contributed by atoms with van der Waals surface area (Å²) >= 11 is 6.57. The van der Waals surface area contributed by atoms with Crippen molar-refractivity contribution in [2.45, 2.75) is 4.21 Å². The van der Waals surface area contributed by atoms with Crippen molar-refractivity contribution in [2.24, 2.45) is 10.9 Å². The first-order valence-electron chi connectivity index (χ1n) is 5.39. The number of nitrogens with zero attached hydrogens (tertiary/aromatic N) is 1. The first-order valence-corrected chi connectivity index (χ1v) is 8.07. The summed E-state index contributed by atoms with van der Waals surface area (Å²) in [6.45, 7) is 0. The molecule has 1 aromatic heterocycles. The van der Waals surface area contributed by atoms with Crippen LogP contribution in [0.25, 0.3) is 0 Å². The molecular formula is C11H9ClFN3O3S2. The third kappa shape index (κ3) is 3.43. The fraction of sp³-hybridized carbons (Fsp3) is 0. The molecule has 2 rings (SSSR count). The Balaban J connectivity index is 2.44. The van der Waals surface area contributed by atoms with Crippen molar-refractivity contribution in [2.75, 3.05) is 4.72 Å². The molecule has 2 aromatic rings. The molecule has 1 aromatic carbocycles. The average molecular weight is 350 g/mol. The Morgan fingerprint density at radius 3 is 2.67 bits per heavy atom. The van der Waals surface area contributed by atoms with Crippen LogP contribution >= 0.6 is 22.9 Å². The highest BCUT2D eigenvalue weighted by molar-refractivity contribution is 7.94. The van der Waals surface area contributed by atoms with E-state index in [1.165, 1.54) is 18.2 Å². The molecule has 21 heavy (non-hydrogen) atoms. The Labute approximate surface area is 128 Å². The summed E-state index contributed by atoms with van der Waals surface area (Å²) in [6.07, 6.45) is 0. The number of oxime groups is 1. The molecule has 10 heteroatoms. The number of thiophene rings is 1. The number of halogens is 2. The Kier molecular flexibility index (Phi) is 4.35. The van der Waals surface area contributed by atoms with E-state index in [1.807, 2.05) is 0 Å². The molecule has 0 saturated heterocycles. The minimum Gasteiger partial charge on any atom is -0.409 e. The van der Waals surface area contributed by atoms with Crippen LogP contribution in [-0.2, 0) is 10.0 Å². The van der Waals surface area contributed by atoms with Gasteiger partial charge in [0, 0.05) is 5.56 Å². The standard InChI is InChI=1S/C11H9ClFN3O3S2/c12-9-3-4-10(20-9)21(18,19)16-8-2-1-6(13)5-7(8)11(14)15-17/h1-5,16-17H,(H2,14,15). The van der Waals surface area contributed by atoms with Crippen LogP contribution in [0.5, 0.6) is 0 Å². The van der Waals surface area contributed by atoms with Gasteiger partial charge in [0.2, 0.25) is 0 Å². The monoisotopic (exact) mass is 349 g/mol. The van der Waals surface area contributed by atoms with Crippen molar-refractivity contribution in [1.82, 2.24) is 0 Å². The number of nitrogens with two attached hydrogens (primary N) is 1. The molecule has 0 aliphatic rings. The van der Waals surface area contributed by atoms with Crippen LogP contribution in [0, 0.1) is 5.82 Å². The molecule has 0 amide bonds. The molecule has 0 fully saturated rings. The van der Waals surface area contributed by atoms with Crippen LogP contribution in [0.1, 0.15) is 5.56 Å². The largest absolute Gasteiger partial charge is 0.409 e. The zero-order valence-electron chi connectivity index (χ0n) is 10.2. The first kappa shape index (κ1) is 15.5. The molecule has 0 atom stereocenters. The summed E-state index contributed by atoms with van der Waals surface area (Å²) in [5.74, 6) is -1.07. The zero-order chi connectivity index (χ0) is 15.6. The molecule has 0 aliphatic carbocycles. The molecule has 112 valence electrons. The molecule has 0 radical (unpaired) electrons. The minimum atomic E-state index is -3.90. The normalized spacial score (nSPS) is 12.4. The van der Waals surface area contributed by atoms with E-state index < -0.39 is 21.7 Å². The number of amidine groups is 1. The van der Waals surface area contributed by atoms with Gasteiger partial charge in [-0.15, -0.1) is 11.3 Å². The van der Waals surface area contributed by atoms with Crippen LogP contribution in [0.4, 0.5) is 10.1 Å². The van der Waals surface area contributed by atoms with Crippen molar-refractivity contribution in [3.63, 3.8) is 0 Å². The van der Waals surface area contributed by atoms with Gasteiger partial charge in [0.1, 0.15) is 10.0 Å². The highest BCUT2D eigenvalue weighted by Gasteiger charge is 2.19. The van der Waals surface area contributed by atoms with E-state index in [9.17, 15) is 12.8 Å². The number of anilines is 1. The maximum absolute atomic E-state index is 13.2. The highest BCUT2D eigenvalue weighted by Crippen LogP contribution is 2.28. The van der Waals surface area contributed by atoms with Crippen LogP contribution in [0.2, 0.25) is 4.34 Å². The Morgan fingerprint density at radius 1 is 1.38 bits per heavy atom. The molecule has 1 heterocycles. The van der Waals surface area contributed by atoms with Crippen molar-refractivity contribution >= 4 is 44.5 Å². The van der Waals surface area contributed by atoms with Gasteiger partial charge in [0.15, 0.2) is 5.84 Å². The van der Waals surface area contributed by atoms with Crippen LogP contribution in [0.3, 0.4) is 0 Å². The fourth-order valence-electron chi connectivity index (χ4n) is 1.51. The van der Waals surface area contributed by atoms with Gasteiger partial charge < -0.3 is 10.9 Å². The Morgan fingerprint density at radius 2 is 2.10 bits per heavy atom. The molecule has 0 aliphatic heterocycles. The lowest BCUT2D eigenvalue weighted by atomic mass is 10.1. The lowest BCUT2D eigenvalue weighted by Gasteiger charge is -2.11. The quantitative estimate of drug-likeness (QED) is 0.341. The molecule has 0 unspecified atom stereocenters. The Hall–Kier alpha value is -1.84. The van der Waals surface area contributed by atoms with Gasteiger partial charge in [0.05, 0.1) is 10.0 Å². The van der Waals surface area contributed by atoms with Gasteiger partial charge in [-0.25, -0.2) is 12.8 Å². The summed E-state index contributed by atoms with van der Waals surface area (Å²) in [5, 5.41) is 11.4.